The molecule has 0 unspecified atom stereocenters. The summed E-state index contributed by atoms with van der Waals surface area (Å²) >= 11 is 10.8. The summed E-state index contributed by atoms with van der Waals surface area (Å²) in [5, 5.41) is -0.477. The van der Waals surface area contributed by atoms with Crippen LogP contribution in [0.1, 0.15) is 10.4 Å². The number of aromatic nitrogens is 1. The van der Waals surface area contributed by atoms with E-state index in [0.717, 1.165) is 0 Å². The van der Waals surface area contributed by atoms with Gasteiger partial charge < -0.3 is 4.42 Å². The van der Waals surface area contributed by atoms with Gasteiger partial charge in [0, 0.05) is 5.56 Å². The van der Waals surface area contributed by atoms with Crippen LogP contribution in [-0.2, 0) is 0 Å². The van der Waals surface area contributed by atoms with Gasteiger partial charge in [0.05, 0.1) is 0 Å². The van der Waals surface area contributed by atoms with Crippen molar-refractivity contribution in [3.63, 3.8) is 0 Å². The summed E-state index contributed by atoms with van der Waals surface area (Å²) in [6, 6.07) is 4.68. The van der Waals surface area contributed by atoms with Gasteiger partial charge >= 0.3 is 0 Å². The molecule has 0 aliphatic rings. The van der Waals surface area contributed by atoms with Crippen molar-refractivity contribution in [2.75, 3.05) is 0 Å². The molecule has 1 heterocycles. The molecule has 0 saturated heterocycles. The molecule has 0 amide bonds. The van der Waals surface area contributed by atoms with Crippen molar-refractivity contribution in [3.05, 3.63) is 29.1 Å². The highest BCUT2D eigenvalue weighted by Crippen LogP contribution is 2.20. The number of carbonyl (C=O) groups excluding carboxylic acids is 1. The van der Waals surface area contributed by atoms with Crippen molar-refractivity contribution in [3.8, 4) is 0 Å². The minimum atomic E-state index is -0.527. The minimum absolute atomic E-state index is 0.0502. The van der Waals surface area contributed by atoms with Gasteiger partial charge in [0.1, 0.15) is 5.52 Å². The summed E-state index contributed by atoms with van der Waals surface area (Å²) < 4.78 is 5.00. The van der Waals surface area contributed by atoms with Crippen molar-refractivity contribution < 1.29 is 9.21 Å². The molecule has 2 rings (SSSR count). The highest BCUT2D eigenvalue weighted by Gasteiger charge is 2.07. The number of halogens is 2. The summed E-state index contributed by atoms with van der Waals surface area (Å²) in [4.78, 5) is 14.6. The first-order valence-corrected chi connectivity index (χ1v) is 4.18. The Morgan fingerprint density at radius 2 is 2.23 bits per heavy atom. The van der Waals surface area contributed by atoms with E-state index in [1.807, 2.05) is 0 Å². The molecular weight excluding hydrogens is 213 g/mol. The lowest BCUT2D eigenvalue weighted by Crippen LogP contribution is -1.86. The molecular formula is C8H3Cl2NO2. The standard InChI is InChI=1S/C8H3Cl2NO2/c9-7(12)4-1-2-6-5(3-4)11-8(10)13-6/h1-3H. The summed E-state index contributed by atoms with van der Waals surface area (Å²) in [6.07, 6.45) is 0. The fourth-order valence-electron chi connectivity index (χ4n) is 1.02. The van der Waals surface area contributed by atoms with Crippen molar-refractivity contribution in [2.24, 2.45) is 0 Å². The maximum Gasteiger partial charge on any atom is 0.293 e. The highest BCUT2D eigenvalue weighted by molar-refractivity contribution is 6.67. The van der Waals surface area contributed by atoms with E-state index in [-0.39, 0.29) is 5.35 Å². The Hall–Kier alpha value is -1.06. The first kappa shape index (κ1) is 8.53. The normalized spacial score (nSPS) is 10.6. The lowest BCUT2D eigenvalue weighted by atomic mass is 10.2. The maximum atomic E-state index is 10.8. The monoisotopic (exact) mass is 215 g/mol. The third kappa shape index (κ3) is 1.53. The van der Waals surface area contributed by atoms with Gasteiger partial charge in [-0.1, -0.05) is 0 Å². The summed E-state index contributed by atoms with van der Waals surface area (Å²) in [5.74, 6) is 0. The smallest absolute Gasteiger partial charge is 0.293 e. The van der Waals surface area contributed by atoms with Gasteiger partial charge in [-0.2, -0.15) is 4.98 Å². The molecule has 3 nitrogen and oxygen atoms in total. The van der Waals surface area contributed by atoms with Crippen molar-refractivity contribution >= 4 is 39.5 Å². The molecule has 66 valence electrons. The molecule has 0 radical (unpaired) electrons. The zero-order valence-electron chi connectivity index (χ0n) is 6.25. The zero-order valence-corrected chi connectivity index (χ0v) is 7.76. The lowest BCUT2D eigenvalue weighted by molar-refractivity contribution is 0.108. The summed E-state index contributed by atoms with van der Waals surface area (Å²) in [7, 11) is 0. The van der Waals surface area contributed by atoms with E-state index < -0.39 is 5.24 Å². The van der Waals surface area contributed by atoms with Gasteiger partial charge in [0.2, 0.25) is 0 Å². The largest absolute Gasteiger partial charge is 0.428 e. The molecule has 13 heavy (non-hydrogen) atoms. The average molecular weight is 216 g/mol. The van der Waals surface area contributed by atoms with Crippen molar-refractivity contribution in [2.45, 2.75) is 0 Å². The van der Waals surface area contributed by atoms with Crippen LogP contribution >= 0.6 is 23.2 Å². The molecule has 0 fully saturated rings. The molecule has 2 aromatic rings. The molecule has 0 saturated carbocycles. The predicted octanol–water partition coefficient (Wildman–Crippen LogP) is 2.86. The van der Waals surface area contributed by atoms with Crippen LogP contribution in [0.4, 0.5) is 0 Å². The molecule has 0 bridgehead atoms. The fourth-order valence-corrected chi connectivity index (χ4v) is 1.31. The summed E-state index contributed by atoms with van der Waals surface area (Å²) in [5.41, 5.74) is 1.43. The number of nitrogens with zero attached hydrogens (tertiary/aromatic N) is 1. The number of rotatable bonds is 1. The number of benzene rings is 1. The van der Waals surface area contributed by atoms with Crippen LogP contribution in [0, 0.1) is 0 Å². The van der Waals surface area contributed by atoms with Crippen LogP contribution in [0.3, 0.4) is 0 Å². The van der Waals surface area contributed by atoms with Gasteiger partial charge in [-0.25, -0.2) is 0 Å². The zero-order chi connectivity index (χ0) is 9.42. The second kappa shape index (κ2) is 3.01. The van der Waals surface area contributed by atoms with E-state index in [9.17, 15) is 4.79 Å². The number of carbonyl (C=O) groups is 1. The van der Waals surface area contributed by atoms with Crippen LogP contribution < -0.4 is 0 Å². The Bertz CT molecular complexity index is 478. The first-order valence-electron chi connectivity index (χ1n) is 3.43. The third-order valence-electron chi connectivity index (χ3n) is 1.59. The van der Waals surface area contributed by atoms with Crippen molar-refractivity contribution in [1.82, 2.24) is 4.98 Å². The lowest BCUT2D eigenvalue weighted by Gasteiger charge is -1.90. The van der Waals surface area contributed by atoms with E-state index >= 15 is 0 Å². The molecule has 0 aliphatic carbocycles. The Labute approximate surface area is 83.3 Å². The molecule has 0 atom stereocenters. The Morgan fingerprint density at radius 3 is 2.92 bits per heavy atom. The highest BCUT2D eigenvalue weighted by atomic mass is 35.5. The van der Waals surface area contributed by atoms with Gasteiger partial charge in [-0.3, -0.25) is 4.79 Å². The third-order valence-corrected chi connectivity index (χ3v) is 1.97. The first-order chi connectivity index (χ1) is 6.16. The van der Waals surface area contributed by atoms with Crippen LogP contribution in [-0.4, -0.2) is 10.2 Å². The minimum Gasteiger partial charge on any atom is -0.428 e. The van der Waals surface area contributed by atoms with Crippen LogP contribution in [0.15, 0.2) is 22.6 Å². The van der Waals surface area contributed by atoms with Crippen LogP contribution in [0.5, 0.6) is 0 Å². The Morgan fingerprint density at radius 1 is 1.46 bits per heavy atom. The summed E-state index contributed by atoms with van der Waals surface area (Å²) in [6.45, 7) is 0. The van der Waals surface area contributed by atoms with Crippen molar-refractivity contribution in [1.29, 1.82) is 0 Å². The molecule has 1 aromatic carbocycles. The SMILES string of the molecule is O=C(Cl)c1ccc2oc(Cl)nc2c1. The van der Waals surface area contributed by atoms with Gasteiger partial charge in [-0.05, 0) is 41.4 Å². The van der Waals surface area contributed by atoms with E-state index in [1.54, 1.807) is 12.1 Å². The number of oxazole rings is 1. The quantitative estimate of drug-likeness (QED) is 0.688. The van der Waals surface area contributed by atoms with E-state index in [4.69, 9.17) is 27.6 Å². The van der Waals surface area contributed by atoms with Gasteiger partial charge in [-0.15, -0.1) is 0 Å². The Balaban J connectivity index is 2.67. The number of hydrogen-bond donors (Lipinski definition) is 0. The van der Waals surface area contributed by atoms with Gasteiger partial charge in [0.15, 0.2) is 5.58 Å². The maximum absolute atomic E-state index is 10.8. The number of fused-ring (bicyclic) bond motifs is 1. The van der Waals surface area contributed by atoms with E-state index in [1.165, 1.54) is 6.07 Å². The predicted molar refractivity (Wildman–Crippen MR) is 49.2 cm³/mol. The van der Waals surface area contributed by atoms with Gasteiger partial charge in [0.25, 0.3) is 10.6 Å². The van der Waals surface area contributed by atoms with Crippen LogP contribution in [0.2, 0.25) is 5.35 Å². The van der Waals surface area contributed by atoms with E-state index in [2.05, 4.69) is 4.98 Å². The van der Waals surface area contributed by atoms with E-state index in [0.29, 0.717) is 16.7 Å². The molecule has 0 spiro atoms. The molecule has 0 N–H and O–H groups in total. The molecule has 1 aromatic heterocycles. The fraction of sp³-hybridized carbons (Fsp3) is 0. The molecule has 0 aliphatic heterocycles. The number of hydrogen-bond acceptors (Lipinski definition) is 3. The Kier molecular flexibility index (Phi) is 1.98. The second-order valence-corrected chi connectivity index (χ2v) is 3.09. The second-order valence-electron chi connectivity index (χ2n) is 2.42. The topological polar surface area (TPSA) is 43.1 Å². The average Bonchev–Trinajstić information content (AvgIpc) is 2.42. The molecule has 5 heteroatoms. The van der Waals surface area contributed by atoms with Crippen LogP contribution in [0.25, 0.3) is 11.1 Å².